The van der Waals surface area contributed by atoms with E-state index >= 15 is 0 Å². The molecule has 6 heteroatoms. The Balaban J connectivity index is 2.95. The van der Waals surface area contributed by atoms with E-state index in [1.807, 2.05) is 0 Å². The van der Waals surface area contributed by atoms with Gasteiger partial charge in [-0.05, 0) is 0 Å². The summed E-state index contributed by atoms with van der Waals surface area (Å²) in [6, 6.07) is 0. The van der Waals surface area contributed by atoms with Crippen LogP contribution in [-0.2, 0) is 18.4 Å². The van der Waals surface area contributed by atoms with Gasteiger partial charge < -0.3 is 4.74 Å². The van der Waals surface area contributed by atoms with Gasteiger partial charge >= 0.3 is 0 Å². The summed E-state index contributed by atoms with van der Waals surface area (Å²) in [6.07, 6.45) is -2.56. The van der Waals surface area contributed by atoms with Gasteiger partial charge in [-0.15, -0.1) is 5.10 Å². The van der Waals surface area contributed by atoms with Crippen LogP contribution < -0.4 is 0 Å². The number of alkyl halides is 2. The van der Waals surface area contributed by atoms with Crippen LogP contribution in [-0.4, -0.2) is 22.1 Å². The Morgan fingerprint density at radius 1 is 1.58 bits per heavy atom. The highest BCUT2D eigenvalue weighted by atomic mass is 19.3. The lowest BCUT2D eigenvalue weighted by atomic mass is 10.3. The van der Waals surface area contributed by atoms with Crippen molar-refractivity contribution in [3.05, 3.63) is 11.4 Å². The van der Waals surface area contributed by atoms with E-state index in [0.29, 0.717) is 0 Å². The Morgan fingerprint density at radius 3 is 2.75 bits per heavy atom. The van der Waals surface area contributed by atoms with Crippen LogP contribution in [0.3, 0.4) is 0 Å². The molecule has 1 aromatic heterocycles. The van der Waals surface area contributed by atoms with Gasteiger partial charge in [0.2, 0.25) is 0 Å². The first-order valence-corrected chi connectivity index (χ1v) is 3.32. The molecule has 0 aliphatic heterocycles. The lowest BCUT2D eigenvalue weighted by Crippen LogP contribution is -2.01. The van der Waals surface area contributed by atoms with Gasteiger partial charge in [-0.2, -0.15) is 0 Å². The van der Waals surface area contributed by atoms with Gasteiger partial charge in [0, 0.05) is 14.2 Å². The molecule has 12 heavy (non-hydrogen) atoms. The summed E-state index contributed by atoms with van der Waals surface area (Å²) in [5.74, 6) is 0. The van der Waals surface area contributed by atoms with E-state index in [1.54, 1.807) is 0 Å². The molecular weight excluding hydrogens is 168 g/mol. The molecule has 0 spiro atoms. The Bertz CT molecular complexity index is 261. The Morgan fingerprint density at radius 2 is 2.25 bits per heavy atom. The molecule has 0 N–H and O–H groups in total. The number of aryl methyl sites for hydroxylation is 1. The number of hydrogen-bond donors (Lipinski definition) is 0. The Labute approximate surface area is 68.1 Å². The quantitative estimate of drug-likeness (QED) is 0.688. The molecule has 1 aromatic rings. The molecule has 0 atom stereocenters. The fourth-order valence-corrected chi connectivity index (χ4v) is 0.914. The van der Waals surface area contributed by atoms with Crippen LogP contribution in [0.4, 0.5) is 8.78 Å². The average Bonchev–Trinajstić information content (AvgIpc) is 2.32. The van der Waals surface area contributed by atoms with E-state index in [0.717, 1.165) is 4.68 Å². The van der Waals surface area contributed by atoms with Crippen LogP contribution >= 0.6 is 0 Å². The minimum Gasteiger partial charge on any atom is -0.378 e. The molecular formula is C6H9F2N3O. The second-order valence-electron chi connectivity index (χ2n) is 2.28. The standard InChI is InChI=1S/C6H9F2N3O/c1-11-5(6(7)8)4(3-12-2)9-10-11/h6H,3H2,1-2H3. The SMILES string of the molecule is COCc1nnn(C)c1C(F)F. The van der Waals surface area contributed by atoms with E-state index in [9.17, 15) is 8.78 Å². The molecule has 0 saturated heterocycles. The minimum absolute atomic E-state index is 0.0630. The molecule has 0 bridgehead atoms. The van der Waals surface area contributed by atoms with E-state index < -0.39 is 6.43 Å². The van der Waals surface area contributed by atoms with Gasteiger partial charge in [0.05, 0.1) is 6.61 Å². The summed E-state index contributed by atoms with van der Waals surface area (Å²) in [5.41, 5.74) is 0.00634. The second-order valence-corrected chi connectivity index (χ2v) is 2.28. The van der Waals surface area contributed by atoms with Crippen LogP contribution in [0, 0.1) is 0 Å². The minimum atomic E-state index is -2.56. The Kier molecular flexibility index (Phi) is 2.69. The molecule has 0 radical (unpaired) electrons. The summed E-state index contributed by atoms with van der Waals surface area (Å²) in [6.45, 7) is 0.0630. The first kappa shape index (κ1) is 9.05. The maximum absolute atomic E-state index is 12.3. The maximum Gasteiger partial charge on any atom is 0.282 e. The highest BCUT2D eigenvalue weighted by molar-refractivity contribution is 5.09. The second kappa shape index (κ2) is 3.57. The number of aromatic nitrogens is 3. The average molecular weight is 177 g/mol. The lowest BCUT2D eigenvalue weighted by Gasteiger charge is -2.00. The van der Waals surface area contributed by atoms with E-state index in [1.165, 1.54) is 14.2 Å². The van der Waals surface area contributed by atoms with Crippen molar-refractivity contribution in [2.45, 2.75) is 13.0 Å². The number of hydrogen-bond acceptors (Lipinski definition) is 3. The van der Waals surface area contributed by atoms with Gasteiger partial charge in [0.15, 0.2) is 0 Å². The third-order valence-corrected chi connectivity index (χ3v) is 1.43. The largest absolute Gasteiger partial charge is 0.378 e. The molecule has 4 nitrogen and oxygen atoms in total. The fourth-order valence-electron chi connectivity index (χ4n) is 0.914. The van der Waals surface area contributed by atoms with Crippen molar-refractivity contribution in [3.8, 4) is 0 Å². The molecule has 0 aliphatic rings. The smallest absolute Gasteiger partial charge is 0.282 e. The van der Waals surface area contributed by atoms with Gasteiger partial charge in [0.25, 0.3) is 6.43 Å². The van der Waals surface area contributed by atoms with E-state index in [-0.39, 0.29) is 18.0 Å². The van der Waals surface area contributed by atoms with Crippen molar-refractivity contribution in [1.29, 1.82) is 0 Å². The molecule has 0 aromatic carbocycles. The number of halogens is 2. The highest BCUT2D eigenvalue weighted by Crippen LogP contribution is 2.20. The fraction of sp³-hybridized carbons (Fsp3) is 0.667. The normalized spacial score (nSPS) is 11.1. The molecule has 0 saturated carbocycles. The first-order chi connectivity index (χ1) is 5.66. The van der Waals surface area contributed by atoms with Gasteiger partial charge in [0.1, 0.15) is 11.4 Å². The number of rotatable bonds is 3. The molecule has 0 fully saturated rings. The highest BCUT2D eigenvalue weighted by Gasteiger charge is 2.19. The number of nitrogens with zero attached hydrogens (tertiary/aromatic N) is 3. The zero-order chi connectivity index (χ0) is 9.14. The maximum atomic E-state index is 12.3. The third kappa shape index (κ3) is 1.58. The van der Waals surface area contributed by atoms with Crippen molar-refractivity contribution >= 4 is 0 Å². The monoisotopic (exact) mass is 177 g/mol. The zero-order valence-corrected chi connectivity index (χ0v) is 6.79. The van der Waals surface area contributed by atoms with Crippen LogP contribution in [0.5, 0.6) is 0 Å². The zero-order valence-electron chi connectivity index (χ0n) is 6.79. The van der Waals surface area contributed by atoms with Crippen LogP contribution in [0.1, 0.15) is 17.8 Å². The molecule has 1 rings (SSSR count). The van der Waals surface area contributed by atoms with Crippen molar-refractivity contribution < 1.29 is 13.5 Å². The van der Waals surface area contributed by atoms with Crippen LogP contribution in [0.2, 0.25) is 0 Å². The molecule has 0 unspecified atom stereocenters. The summed E-state index contributed by atoms with van der Waals surface area (Å²) >= 11 is 0. The molecule has 1 heterocycles. The number of methoxy groups -OCH3 is 1. The summed E-state index contributed by atoms with van der Waals surface area (Å²) in [7, 11) is 2.84. The van der Waals surface area contributed by atoms with Crippen LogP contribution in [0.15, 0.2) is 0 Å². The van der Waals surface area contributed by atoms with E-state index in [4.69, 9.17) is 0 Å². The van der Waals surface area contributed by atoms with Crippen LogP contribution in [0.25, 0.3) is 0 Å². The van der Waals surface area contributed by atoms with Crippen molar-refractivity contribution in [2.75, 3.05) is 7.11 Å². The summed E-state index contributed by atoms with van der Waals surface area (Å²) < 4.78 is 30.3. The predicted octanol–water partition coefficient (Wildman–Crippen LogP) is 0.899. The third-order valence-electron chi connectivity index (χ3n) is 1.43. The molecule has 68 valence electrons. The van der Waals surface area contributed by atoms with Crippen molar-refractivity contribution in [3.63, 3.8) is 0 Å². The topological polar surface area (TPSA) is 39.9 Å². The predicted molar refractivity (Wildman–Crippen MR) is 36.7 cm³/mol. The number of ether oxygens (including phenoxy) is 1. The Hall–Kier alpha value is -1.04. The van der Waals surface area contributed by atoms with Crippen molar-refractivity contribution in [2.24, 2.45) is 7.05 Å². The summed E-state index contributed by atoms with van der Waals surface area (Å²) in [5, 5.41) is 7.00. The first-order valence-electron chi connectivity index (χ1n) is 3.32. The lowest BCUT2D eigenvalue weighted by molar-refractivity contribution is 0.131. The molecule has 0 amide bonds. The van der Waals surface area contributed by atoms with Gasteiger partial charge in [-0.3, -0.25) is 0 Å². The van der Waals surface area contributed by atoms with Gasteiger partial charge in [-0.1, -0.05) is 5.21 Å². The van der Waals surface area contributed by atoms with Gasteiger partial charge in [-0.25, -0.2) is 13.5 Å². The summed E-state index contributed by atoms with van der Waals surface area (Å²) in [4.78, 5) is 0. The van der Waals surface area contributed by atoms with E-state index in [2.05, 4.69) is 15.0 Å². The molecule has 0 aliphatic carbocycles. The van der Waals surface area contributed by atoms with Crippen molar-refractivity contribution in [1.82, 2.24) is 15.0 Å².